The van der Waals surface area contributed by atoms with Crippen LogP contribution < -0.4 is 10.6 Å². The third kappa shape index (κ3) is 7.94. The standard InChI is InChI=1S/C18H28FN3O2/c1-4-20-18(21-11-7-5-6-8-17(23)24-3)22-13-15-10-9-14(2)16(19)12-15/h9-10,12H,4-8,11,13H2,1-3H3,(H2,20,21,22). The minimum Gasteiger partial charge on any atom is -0.469 e. The molecule has 0 amide bonds. The van der Waals surface area contributed by atoms with Gasteiger partial charge in [0.2, 0.25) is 0 Å². The van der Waals surface area contributed by atoms with E-state index in [0.717, 1.165) is 37.9 Å². The second kappa shape index (κ2) is 11.4. The van der Waals surface area contributed by atoms with Crippen molar-refractivity contribution in [3.8, 4) is 0 Å². The number of ether oxygens (including phenoxy) is 1. The molecule has 0 bridgehead atoms. The number of nitrogens with one attached hydrogen (secondary N) is 2. The van der Waals surface area contributed by atoms with Crippen LogP contribution in [0.2, 0.25) is 0 Å². The minimum absolute atomic E-state index is 0.164. The van der Waals surface area contributed by atoms with Crippen molar-refractivity contribution in [2.75, 3.05) is 20.2 Å². The van der Waals surface area contributed by atoms with Crippen molar-refractivity contribution in [1.29, 1.82) is 0 Å². The highest BCUT2D eigenvalue weighted by atomic mass is 19.1. The third-order valence-corrected chi connectivity index (χ3v) is 3.58. The number of benzene rings is 1. The lowest BCUT2D eigenvalue weighted by atomic mass is 10.1. The summed E-state index contributed by atoms with van der Waals surface area (Å²) in [6.07, 6.45) is 3.18. The predicted octanol–water partition coefficient (Wildman–Crippen LogP) is 2.92. The first-order valence-electron chi connectivity index (χ1n) is 8.40. The van der Waals surface area contributed by atoms with Gasteiger partial charge in [-0.2, -0.15) is 0 Å². The van der Waals surface area contributed by atoms with E-state index in [1.54, 1.807) is 13.0 Å². The van der Waals surface area contributed by atoms with Crippen LogP contribution in [0.4, 0.5) is 4.39 Å². The SMILES string of the molecule is CCNC(=NCc1ccc(C)c(F)c1)NCCCCCC(=O)OC. The normalized spacial score (nSPS) is 11.2. The van der Waals surface area contributed by atoms with E-state index >= 15 is 0 Å². The molecule has 0 unspecified atom stereocenters. The molecule has 0 radical (unpaired) electrons. The van der Waals surface area contributed by atoms with Crippen LogP contribution in [0.25, 0.3) is 0 Å². The predicted molar refractivity (Wildman–Crippen MR) is 94.4 cm³/mol. The molecule has 1 aromatic rings. The summed E-state index contributed by atoms with van der Waals surface area (Å²) in [6, 6.07) is 5.18. The van der Waals surface area contributed by atoms with Crippen LogP contribution in [0, 0.1) is 12.7 Å². The molecule has 134 valence electrons. The summed E-state index contributed by atoms with van der Waals surface area (Å²) in [5.74, 6) is 0.348. The van der Waals surface area contributed by atoms with Crippen LogP contribution in [0.15, 0.2) is 23.2 Å². The number of nitrogens with zero attached hydrogens (tertiary/aromatic N) is 1. The quantitative estimate of drug-likeness (QED) is 0.315. The lowest BCUT2D eigenvalue weighted by Crippen LogP contribution is -2.37. The number of methoxy groups -OCH3 is 1. The molecule has 0 aliphatic heterocycles. The Labute approximate surface area is 143 Å². The largest absolute Gasteiger partial charge is 0.469 e. The fraction of sp³-hybridized carbons (Fsp3) is 0.556. The Hall–Kier alpha value is -2.11. The molecular formula is C18H28FN3O2. The number of guanidine groups is 1. The lowest BCUT2D eigenvalue weighted by molar-refractivity contribution is -0.140. The van der Waals surface area contributed by atoms with E-state index in [4.69, 9.17) is 0 Å². The van der Waals surface area contributed by atoms with Crippen molar-refractivity contribution in [2.24, 2.45) is 4.99 Å². The van der Waals surface area contributed by atoms with Gasteiger partial charge < -0.3 is 15.4 Å². The molecule has 1 aromatic carbocycles. The van der Waals surface area contributed by atoms with E-state index in [-0.39, 0.29) is 11.8 Å². The number of hydrogen-bond donors (Lipinski definition) is 2. The zero-order chi connectivity index (χ0) is 17.8. The van der Waals surface area contributed by atoms with Gasteiger partial charge in [-0.15, -0.1) is 0 Å². The molecule has 5 nitrogen and oxygen atoms in total. The maximum atomic E-state index is 13.5. The van der Waals surface area contributed by atoms with Crippen LogP contribution in [-0.2, 0) is 16.1 Å². The smallest absolute Gasteiger partial charge is 0.305 e. The summed E-state index contributed by atoms with van der Waals surface area (Å²) in [4.78, 5) is 15.5. The number of esters is 1. The average Bonchev–Trinajstić information content (AvgIpc) is 2.58. The number of aliphatic imine (C=N–C) groups is 1. The van der Waals surface area contributed by atoms with Crippen molar-refractivity contribution in [2.45, 2.75) is 46.1 Å². The van der Waals surface area contributed by atoms with Crippen molar-refractivity contribution < 1.29 is 13.9 Å². The van der Waals surface area contributed by atoms with Crippen molar-refractivity contribution in [3.05, 3.63) is 35.1 Å². The Morgan fingerprint density at radius 1 is 1.25 bits per heavy atom. The first kappa shape index (κ1) is 19.9. The van der Waals surface area contributed by atoms with Gasteiger partial charge >= 0.3 is 5.97 Å². The monoisotopic (exact) mass is 337 g/mol. The van der Waals surface area contributed by atoms with Crippen molar-refractivity contribution in [3.63, 3.8) is 0 Å². The van der Waals surface area contributed by atoms with Gasteiger partial charge in [-0.25, -0.2) is 9.38 Å². The molecule has 0 spiro atoms. The Bertz CT molecular complexity index is 547. The highest BCUT2D eigenvalue weighted by Gasteiger charge is 2.02. The fourth-order valence-corrected chi connectivity index (χ4v) is 2.13. The van der Waals surface area contributed by atoms with Gasteiger partial charge in [0.05, 0.1) is 13.7 Å². The third-order valence-electron chi connectivity index (χ3n) is 3.58. The fourth-order valence-electron chi connectivity index (χ4n) is 2.13. The number of unbranched alkanes of at least 4 members (excludes halogenated alkanes) is 2. The number of rotatable bonds is 9. The average molecular weight is 337 g/mol. The van der Waals surface area contributed by atoms with E-state index in [0.29, 0.717) is 24.5 Å². The van der Waals surface area contributed by atoms with Crippen LogP contribution >= 0.6 is 0 Å². The summed E-state index contributed by atoms with van der Waals surface area (Å²) in [5, 5.41) is 6.42. The molecule has 2 N–H and O–H groups in total. The minimum atomic E-state index is -0.203. The van der Waals surface area contributed by atoms with Gasteiger partial charge in [0.25, 0.3) is 0 Å². The van der Waals surface area contributed by atoms with Gasteiger partial charge in [-0.3, -0.25) is 4.79 Å². The van der Waals surface area contributed by atoms with E-state index < -0.39 is 0 Å². The maximum absolute atomic E-state index is 13.5. The Morgan fingerprint density at radius 2 is 2.04 bits per heavy atom. The second-order valence-corrected chi connectivity index (χ2v) is 5.59. The molecule has 0 fully saturated rings. The molecule has 0 saturated heterocycles. The summed E-state index contributed by atoms with van der Waals surface area (Å²) in [5.41, 5.74) is 1.48. The molecule has 0 heterocycles. The van der Waals surface area contributed by atoms with E-state index in [2.05, 4.69) is 20.4 Å². The lowest BCUT2D eigenvalue weighted by Gasteiger charge is -2.11. The van der Waals surface area contributed by atoms with Crippen LogP contribution in [0.1, 0.15) is 43.7 Å². The van der Waals surface area contributed by atoms with Crippen molar-refractivity contribution >= 4 is 11.9 Å². The van der Waals surface area contributed by atoms with E-state index in [1.807, 2.05) is 13.0 Å². The summed E-state index contributed by atoms with van der Waals surface area (Å²) < 4.78 is 18.1. The molecule has 0 saturated carbocycles. The highest BCUT2D eigenvalue weighted by Crippen LogP contribution is 2.10. The maximum Gasteiger partial charge on any atom is 0.305 e. The van der Waals surface area contributed by atoms with E-state index in [9.17, 15) is 9.18 Å². The van der Waals surface area contributed by atoms with Crippen LogP contribution in [0.3, 0.4) is 0 Å². The van der Waals surface area contributed by atoms with Gasteiger partial charge in [-0.1, -0.05) is 18.6 Å². The summed E-state index contributed by atoms with van der Waals surface area (Å²) >= 11 is 0. The first-order valence-corrected chi connectivity index (χ1v) is 8.40. The molecule has 0 aliphatic rings. The molecule has 6 heteroatoms. The van der Waals surface area contributed by atoms with Gasteiger partial charge in [0.15, 0.2) is 5.96 Å². The summed E-state index contributed by atoms with van der Waals surface area (Å²) in [7, 11) is 1.41. The van der Waals surface area contributed by atoms with E-state index in [1.165, 1.54) is 13.2 Å². The Morgan fingerprint density at radius 3 is 2.71 bits per heavy atom. The molecular weight excluding hydrogens is 309 g/mol. The molecule has 0 aliphatic carbocycles. The van der Waals surface area contributed by atoms with Gasteiger partial charge in [0.1, 0.15) is 5.82 Å². The van der Waals surface area contributed by atoms with Crippen LogP contribution in [-0.4, -0.2) is 32.1 Å². The number of hydrogen-bond acceptors (Lipinski definition) is 3. The highest BCUT2D eigenvalue weighted by molar-refractivity contribution is 5.79. The number of halogens is 1. The first-order chi connectivity index (χ1) is 11.6. The zero-order valence-electron chi connectivity index (χ0n) is 14.8. The molecule has 24 heavy (non-hydrogen) atoms. The Kier molecular flexibility index (Phi) is 9.49. The second-order valence-electron chi connectivity index (χ2n) is 5.59. The van der Waals surface area contributed by atoms with Crippen LogP contribution in [0.5, 0.6) is 0 Å². The molecule has 0 atom stereocenters. The Balaban J connectivity index is 2.37. The molecule has 1 rings (SSSR count). The van der Waals surface area contributed by atoms with Gasteiger partial charge in [0, 0.05) is 19.5 Å². The number of aryl methyl sites for hydroxylation is 1. The zero-order valence-corrected chi connectivity index (χ0v) is 14.8. The summed E-state index contributed by atoms with van der Waals surface area (Å²) in [6.45, 7) is 5.70. The van der Waals surface area contributed by atoms with Crippen molar-refractivity contribution in [1.82, 2.24) is 10.6 Å². The topological polar surface area (TPSA) is 62.7 Å². The molecule has 0 aromatic heterocycles. The van der Waals surface area contributed by atoms with Gasteiger partial charge in [-0.05, 0) is 43.9 Å². The number of carbonyl (C=O) groups excluding carboxylic acids is 1. The number of carbonyl (C=O) groups is 1.